The molecule has 170 valence electrons. The van der Waals surface area contributed by atoms with Crippen molar-refractivity contribution in [3.05, 3.63) is 54.0 Å². The van der Waals surface area contributed by atoms with Gasteiger partial charge in [0.25, 0.3) is 0 Å². The molecule has 0 atom stereocenters. The number of rotatable bonds is 5. The molecule has 1 aliphatic heterocycles. The Morgan fingerprint density at radius 2 is 1.88 bits per heavy atom. The fourth-order valence-corrected chi connectivity index (χ4v) is 4.64. The number of halogens is 1. The van der Waals surface area contributed by atoms with Crippen LogP contribution < -0.4 is 20.1 Å². The van der Waals surface area contributed by atoms with Crippen LogP contribution in [0.4, 0.5) is 0 Å². The minimum absolute atomic E-state index is 0. The highest BCUT2D eigenvalue weighted by Gasteiger charge is 2.36. The van der Waals surface area contributed by atoms with Crippen LogP contribution in [0.15, 0.2) is 47.6 Å². The molecule has 0 radical (unpaired) electrons. The Morgan fingerprint density at radius 3 is 2.69 bits per heavy atom. The van der Waals surface area contributed by atoms with Crippen LogP contribution in [0.2, 0.25) is 0 Å². The van der Waals surface area contributed by atoms with Gasteiger partial charge in [-0.3, -0.25) is 9.39 Å². The van der Waals surface area contributed by atoms with Crippen LogP contribution in [0, 0.1) is 0 Å². The zero-order valence-electron chi connectivity index (χ0n) is 18.2. The van der Waals surface area contributed by atoms with Crippen molar-refractivity contribution < 1.29 is 9.47 Å². The van der Waals surface area contributed by atoms with Crippen LogP contribution in [-0.2, 0) is 12.0 Å². The number of hydrogen-bond acceptors (Lipinski definition) is 5. The molecule has 3 aromatic rings. The van der Waals surface area contributed by atoms with E-state index in [9.17, 15) is 0 Å². The maximum atomic E-state index is 5.83. The first-order valence-electron chi connectivity index (χ1n) is 10.9. The predicted molar refractivity (Wildman–Crippen MR) is 134 cm³/mol. The SMILES string of the molecule is CN=C(NCc1nnc2ccccn12)NCC1(c2ccc3c(c2)OCCO3)CCCC1.I. The Kier molecular flexibility index (Phi) is 7.02. The number of ether oxygens (including phenoxy) is 2. The topological polar surface area (TPSA) is 85.1 Å². The first-order valence-corrected chi connectivity index (χ1v) is 10.9. The van der Waals surface area contributed by atoms with E-state index in [1.807, 2.05) is 34.9 Å². The molecule has 2 aromatic heterocycles. The second-order valence-corrected chi connectivity index (χ2v) is 8.17. The molecule has 1 aromatic carbocycles. The summed E-state index contributed by atoms with van der Waals surface area (Å²) in [5, 5.41) is 15.4. The molecule has 3 heterocycles. The molecule has 0 saturated heterocycles. The van der Waals surface area contributed by atoms with Gasteiger partial charge >= 0.3 is 0 Å². The van der Waals surface area contributed by atoms with Gasteiger partial charge in [-0.15, -0.1) is 34.2 Å². The molecule has 5 rings (SSSR count). The van der Waals surface area contributed by atoms with Crippen LogP contribution in [-0.4, -0.2) is 47.4 Å². The average molecular weight is 548 g/mol. The summed E-state index contributed by atoms with van der Waals surface area (Å²) in [6, 6.07) is 12.3. The Bertz CT molecular complexity index is 1090. The van der Waals surface area contributed by atoms with Gasteiger partial charge in [-0.1, -0.05) is 25.0 Å². The lowest BCUT2D eigenvalue weighted by molar-refractivity contribution is 0.171. The van der Waals surface area contributed by atoms with Crippen LogP contribution in [0.3, 0.4) is 0 Å². The van der Waals surface area contributed by atoms with Crippen molar-refractivity contribution >= 4 is 35.6 Å². The third-order valence-corrected chi connectivity index (χ3v) is 6.33. The highest BCUT2D eigenvalue weighted by Crippen LogP contribution is 2.43. The predicted octanol–water partition coefficient (Wildman–Crippen LogP) is 3.30. The van der Waals surface area contributed by atoms with Gasteiger partial charge in [0, 0.05) is 25.2 Å². The number of aromatic nitrogens is 3. The van der Waals surface area contributed by atoms with Gasteiger partial charge < -0.3 is 20.1 Å². The number of hydrogen-bond donors (Lipinski definition) is 2. The van der Waals surface area contributed by atoms with Crippen molar-refractivity contribution in [2.24, 2.45) is 4.99 Å². The van der Waals surface area contributed by atoms with Gasteiger partial charge in [0.15, 0.2) is 28.9 Å². The number of fused-ring (bicyclic) bond motifs is 2. The minimum atomic E-state index is 0. The summed E-state index contributed by atoms with van der Waals surface area (Å²) in [5.74, 6) is 3.31. The van der Waals surface area contributed by atoms with E-state index < -0.39 is 0 Å². The van der Waals surface area contributed by atoms with Crippen LogP contribution in [0.1, 0.15) is 37.1 Å². The molecule has 0 unspecified atom stereocenters. The van der Waals surface area contributed by atoms with Crippen molar-refractivity contribution in [3.63, 3.8) is 0 Å². The quantitative estimate of drug-likeness (QED) is 0.289. The summed E-state index contributed by atoms with van der Waals surface area (Å²) < 4.78 is 13.5. The highest BCUT2D eigenvalue weighted by atomic mass is 127. The molecule has 2 aliphatic rings. The molecule has 1 saturated carbocycles. The largest absolute Gasteiger partial charge is 0.486 e. The second kappa shape index (κ2) is 9.93. The van der Waals surface area contributed by atoms with Gasteiger partial charge in [0.1, 0.15) is 13.2 Å². The van der Waals surface area contributed by atoms with Crippen LogP contribution >= 0.6 is 24.0 Å². The normalized spacial score (nSPS) is 17.1. The second-order valence-electron chi connectivity index (χ2n) is 8.17. The zero-order chi connectivity index (χ0) is 21.1. The number of nitrogens with one attached hydrogen (secondary N) is 2. The monoisotopic (exact) mass is 548 g/mol. The third-order valence-electron chi connectivity index (χ3n) is 6.33. The molecule has 1 fully saturated rings. The fraction of sp³-hybridized carbons (Fsp3) is 0.435. The number of nitrogens with zero attached hydrogens (tertiary/aromatic N) is 4. The Hall–Kier alpha value is -2.56. The third kappa shape index (κ3) is 4.48. The van der Waals surface area contributed by atoms with E-state index in [0.717, 1.165) is 48.3 Å². The van der Waals surface area contributed by atoms with Crippen molar-refractivity contribution in [1.29, 1.82) is 0 Å². The van der Waals surface area contributed by atoms with Crippen molar-refractivity contribution in [2.45, 2.75) is 37.6 Å². The Morgan fingerprint density at radius 1 is 1.06 bits per heavy atom. The molecule has 9 heteroatoms. The lowest BCUT2D eigenvalue weighted by Gasteiger charge is -2.32. The van der Waals surface area contributed by atoms with Crippen LogP contribution in [0.5, 0.6) is 11.5 Å². The number of guanidine groups is 1. The Balaban J connectivity index is 0.00000245. The van der Waals surface area contributed by atoms with Gasteiger partial charge in [-0.05, 0) is 42.7 Å². The standard InChI is InChI=1S/C23H28N6O2.HI/c1-24-22(25-15-21-28-27-20-6-2-5-11-29(20)21)26-16-23(9-3-4-10-23)17-7-8-18-19(14-17)31-13-12-30-18;/h2,5-8,11,14H,3-4,9-10,12-13,15-16H2,1H3,(H2,24,25,26);1H. The van der Waals surface area contributed by atoms with Gasteiger partial charge in [-0.25, -0.2) is 0 Å². The van der Waals surface area contributed by atoms with E-state index in [0.29, 0.717) is 19.8 Å². The van der Waals surface area contributed by atoms with Crippen molar-refractivity contribution in [1.82, 2.24) is 25.2 Å². The fourth-order valence-electron chi connectivity index (χ4n) is 4.64. The summed E-state index contributed by atoms with van der Waals surface area (Å²) in [6.07, 6.45) is 6.72. The number of pyridine rings is 1. The summed E-state index contributed by atoms with van der Waals surface area (Å²) in [5.41, 5.74) is 2.21. The Labute approximate surface area is 204 Å². The lowest BCUT2D eigenvalue weighted by atomic mass is 9.78. The molecule has 32 heavy (non-hydrogen) atoms. The summed E-state index contributed by atoms with van der Waals surface area (Å²) in [4.78, 5) is 4.42. The van der Waals surface area contributed by atoms with E-state index in [-0.39, 0.29) is 29.4 Å². The first kappa shape index (κ1) is 22.6. The number of benzene rings is 1. The maximum Gasteiger partial charge on any atom is 0.191 e. The maximum absolute atomic E-state index is 5.83. The molecule has 0 spiro atoms. The molecular formula is C23H29IN6O2. The molecule has 0 bridgehead atoms. The van der Waals surface area contributed by atoms with Gasteiger partial charge in [-0.2, -0.15) is 0 Å². The van der Waals surface area contributed by atoms with Gasteiger partial charge in [0.2, 0.25) is 0 Å². The smallest absolute Gasteiger partial charge is 0.191 e. The average Bonchev–Trinajstić information content (AvgIpc) is 3.47. The van der Waals surface area contributed by atoms with Crippen LogP contribution in [0.25, 0.3) is 5.65 Å². The van der Waals surface area contributed by atoms with Gasteiger partial charge in [0.05, 0.1) is 6.54 Å². The molecule has 8 nitrogen and oxygen atoms in total. The van der Waals surface area contributed by atoms with E-state index in [1.54, 1.807) is 7.05 Å². The highest BCUT2D eigenvalue weighted by molar-refractivity contribution is 14.0. The summed E-state index contributed by atoms with van der Waals surface area (Å²) in [6.45, 7) is 2.58. The molecular weight excluding hydrogens is 519 g/mol. The minimum Gasteiger partial charge on any atom is -0.486 e. The molecule has 1 aliphatic carbocycles. The van der Waals surface area contributed by atoms with E-state index in [4.69, 9.17) is 9.47 Å². The van der Waals surface area contributed by atoms with E-state index in [1.165, 1.54) is 18.4 Å². The van der Waals surface area contributed by atoms with Crippen molar-refractivity contribution in [3.8, 4) is 11.5 Å². The number of aliphatic imine (C=N–C) groups is 1. The first-order chi connectivity index (χ1) is 15.3. The summed E-state index contributed by atoms with van der Waals surface area (Å²) >= 11 is 0. The lowest BCUT2D eigenvalue weighted by Crippen LogP contribution is -2.44. The van der Waals surface area contributed by atoms with E-state index in [2.05, 4.69) is 38.0 Å². The zero-order valence-corrected chi connectivity index (χ0v) is 20.5. The molecule has 0 amide bonds. The molecule has 2 N–H and O–H groups in total. The van der Waals surface area contributed by atoms with Crippen molar-refractivity contribution in [2.75, 3.05) is 26.8 Å². The van der Waals surface area contributed by atoms with E-state index >= 15 is 0 Å². The summed E-state index contributed by atoms with van der Waals surface area (Å²) in [7, 11) is 1.79.